The van der Waals surface area contributed by atoms with Gasteiger partial charge in [-0.1, -0.05) is 22.0 Å². The normalized spacial score (nSPS) is 10.5. The summed E-state index contributed by atoms with van der Waals surface area (Å²) in [5, 5.41) is 2.06. The molecule has 19 heavy (non-hydrogen) atoms. The SMILES string of the molecule is Cc1ccsc1CN(C)C(=O)c1cccc(Br)c1C. The number of halogens is 1. The van der Waals surface area contributed by atoms with E-state index >= 15 is 0 Å². The van der Waals surface area contributed by atoms with Gasteiger partial charge in [-0.2, -0.15) is 0 Å². The summed E-state index contributed by atoms with van der Waals surface area (Å²) in [7, 11) is 1.85. The molecule has 0 spiro atoms. The quantitative estimate of drug-likeness (QED) is 0.812. The Balaban J connectivity index is 2.20. The zero-order valence-corrected chi connectivity index (χ0v) is 13.6. The van der Waals surface area contributed by atoms with E-state index in [9.17, 15) is 4.79 Å². The molecular formula is C15H16BrNOS. The zero-order chi connectivity index (χ0) is 14.0. The van der Waals surface area contributed by atoms with Crippen molar-refractivity contribution in [3.05, 3.63) is 55.7 Å². The van der Waals surface area contributed by atoms with Gasteiger partial charge >= 0.3 is 0 Å². The topological polar surface area (TPSA) is 20.3 Å². The Bertz CT molecular complexity index is 606. The lowest BCUT2D eigenvalue weighted by atomic mass is 10.1. The highest BCUT2D eigenvalue weighted by Crippen LogP contribution is 2.22. The van der Waals surface area contributed by atoms with Crippen LogP contribution in [0.3, 0.4) is 0 Å². The molecule has 1 heterocycles. The van der Waals surface area contributed by atoms with Crippen molar-refractivity contribution in [1.29, 1.82) is 0 Å². The van der Waals surface area contributed by atoms with E-state index in [1.165, 1.54) is 10.4 Å². The Morgan fingerprint density at radius 3 is 2.68 bits per heavy atom. The van der Waals surface area contributed by atoms with Gasteiger partial charge in [-0.25, -0.2) is 0 Å². The summed E-state index contributed by atoms with van der Waals surface area (Å²) < 4.78 is 0.971. The third kappa shape index (κ3) is 3.07. The molecule has 0 aliphatic rings. The van der Waals surface area contributed by atoms with E-state index in [-0.39, 0.29) is 5.91 Å². The average Bonchev–Trinajstić information content (AvgIpc) is 2.77. The Morgan fingerprint density at radius 2 is 2.05 bits per heavy atom. The molecule has 0 radical (unpaired) electrons. The fourth-order valence-corrected chi connectivity index (χ4v) is 3.22. The van der Waals surface area contributed by atoms with Gasteiger partial charge in [0.05, 0.1) is 6.54 Å². The van der Waals surface area contributed by atoms with Gasteiger partial charge < -0.3 is 4.90 Å². The minimum absolute atomic E-state index is 0.0617. The zero-order valence-electron chi connectivity index (χ0n) is 11.2. The minimum atomic E-state index is 0.0617. The number of amides is 1. The molecule has 2 rings (SSSR count). The van der Waals surface area contributed by atoms with E-state index < -0.39 is 0 Å². The van der Waals surface area contributed by atoms with Crippen molar-refractivity contribution >= 4 is 33.2 Å². The highest BCUT2D eigenvalue weighted by atomic mass is 79.9. The summed E-state index contributed by atoms with van der Waals surface area (Å²) in [5.74, 6) is 0.0617. The number of carbonyl (C=O) groups is 1. The maximum atomic E-state index is 12.5. The number of rotatable bonds is 3. The van der Waals surface area contributed by atoms with Crippen molar-refractivity contribution in [3.8, 4) is 0 Å². The summed E-state index contributed by atoms with van der Waals surface area (Å²) in [4.78, 5) is 15.5. The van der Waals surface area contributed by atoms with Crippen molar-refractivity contribution in [2.45, 2.75) is 20.4 Å². The Morgan fingerprint density at radius 1 is 1.32 bits per heavy atom. The van der Waals surface area contributed by atoms with Crippen LogP contribution in [0.4, 0.5) is 0 Å². The fraction of sp³-hybridized carbons (Fsp3) is 0.267. The van der Waals surface area contributed by atoms with Gasteiger partial charge in [-0.05, 0) is 48.6 Å². The first-order chi connectivity index (χ1) is 9.00. The van der Waals surface area contributed by atoms with Gasteiger partial charge in [0, 0.05) is 22.0 Å². The minimum Gasteiger partial charge on any atom is -0.337 e. The molecular weight excluding hydrogens is 322 g/mol. The molecule has 2 aromatic rings. The second-order valence-electron chi connectivity index (χ2n) is 4.60. The van der Waals surface area contributed by atoms with Crippen LogP contribution < -0.4 is 0 Å². The molecule has 1 aromatic carbocycles. The predicted molar refractivity (Wildman–Crippen MR) is 83.7 cm³/mol. The first-order valence-electron chi connectivity index (χ1n) is 6.04. The molecule has 0 N–H and O–H groups in total. The largest absolute Gasteiger partial charge is 0.337 e. The van der Waals surface area contributed by atoms with Crippen molar-refractivity contribution < 1.29 is 4.79 Å². The maximum Gasteiger partial charge on any atom is 0.254 e. The molecule has 0 atom stereocenters. The lowest BCUT2D eigenvalue weighted by Gasteiger charge is -2.18. The lowest BCUT2D eigenvalue weighted by molar-refractivity contribution is 0.0785. The van der Waals surface area contributed by atoms with Gasteiger partial charge in [-0.3, -0.25) is 4.79 Å². The molecule has 2 nitrogen and oxygen atoms in total. The van der Waals surface area contributed by atoms with Crippen LogP contribution >= 0.6 is 27.3 Å². The fourth-order valence-electron chi connectivity index (χ4n) is 1.90. The third-order valence-corrected chi connectivity index (χ3v) is 5.06. The number of aryl methyl sites for hydroxylation is 1. The summed E-state index contributed by atoms with van der Waals surface area (Å²) in [5.41, 5.74) is 2.99. The standard InChI is InChI=1S/C15H16BrNOS/c1-10-7-8-19-14(10)9-17(3)15(18)12-5-4-6-13(16)11(12)2/h4-8H,9H2,1-3H3. The van der Waals surface area contributed by atoms with Gasteiger partial charge in [0.1, 0.15) is 0 Å². The van der Waals surface area contributed by atoms with Crippen molar-refractivity contribution in [2.75, 3.05) is 7.05 Å². The van der Waals surface area contributed by atoms with E-state index in [0.29, 0.717) is 6.54 Å². The van der Waals surface area contributed by atoms with Gasteiger partial charge in [0.15, 0.2) is 0 Å². The predicted octanol–water partition coefficient (Wildman–Crippen LogP) is 4.40. The Hall–Kier alpha value is -1.13. The third-order valence-electron chi connectivity index (χ3n) is 3.19. The van der Waals surface area contributed by atoms with Crippen LogP contribution in [-0.2, 0) is 6.54 Å². The van der Waals surface area contributed by atoms with E-state index in [2.05, 4.69) is 34.3 Å². The van der Waals surface area contributed by atoms with Gasteiger partial charge in [-0.15, -0.1) is 11.3 Å². The average molecular weight is 338 g/mol. The summed E-state index contributed by atoms with van der Waals surface area (Å²) in [6.07, 6.45) is 0. The lowest BCUT2D eigenvalue weighted by Crippen LogP contribution is -2.26. The van der Waals surface area contributed by atoms with Crippen LogP contribution in [0.5, 0.6) is 0 Å². The van der Waals surface area contributed by atoms with Crippen molar-refractivity contribution in [3.63, 3.8) is 0 Å². The Kier molecular flexibility index (Phi) is 4.42. The maximum absolute atomic E-state index is 12.5. The summed E-state index contributed by atoms with van der Waals surface area (Å²) in [6, 6.07) is 7.81. The molecule has 0 saturated heterocycles. The van der Waals surface area contributed by atoms with Crippen LogP contribution in [0, 0.1) is 13.8 Å². The van der Waals surface area contributed by atoms with Crippen LogP contribution in [-0.4, -0.2) is 17.9 Å². The number of hydrogen-bond acceptors (Lipinski definition) is 2. The molecule has 0 aliphatic carbocycles. The second kappa shape index (κ2) is 5.88. The van der Waals surface area contributed by atoms with Gasteiger partial charge in [0.2, 0.25) is 0 Å². The second-order valence-corrected chi connectivity index (χ2v) is 6.46. The number of hydrogen-bond donors (Lipinski definition) is 0. The number of benzene rings is 1. The molecule has 100 valence electrons. The van der Waals surface area contributed by atoms with Crippen molar-refractivity contribution in [1.82, 2.24) is 4.90 Å². The smallest absolute Gasteiger partial charge is 0.254 e. The monoisotopic (exact) mass is 337 g/mol. The van der Waals surface area contributed by atoms with E-state index in [1.807, 2.05) is 32.2 Å². The highest BCUT2D eigenvalue weighted by molar-refractivity contribution is 9.10. The molecule has 4 heteroatoms. The molecule has 0 unspecified atom stereocenters. The van der Waals surface area contributed by atoms with Gasteiger partial charge in [0.25, 0.3) is 5.91 Å². The van der Waals surface area contributed by atoms with Crippen LogP contribution in [0.25, 0.3) is 0 Å². The molecule has 0 saturated carbocycles. The first-order valence-corrected chi connectivity index (χ1v) is 7.71. The van der Waals surface area contributed by atoms with Crippen LogP contribution in [0.1, 0.15) is 26.4 Å². The summed E-state index contributed by atoms with van der Waals surface area (Å²) in [6.45, 7) is 4.70. The number of nitrogens with zero attached hydrogens (tertiary/aromatic N) is 1. The Labute approximate surface area is 126 Å². The number of carbonyl (C=O) groups excluding carboxylic acids is 1. The van der Waals surface area contributed by atoms with Crippen molar-refractivity contribution in [2.24, 2.45) is 0 Å². The van der Waals surface area contributed by atoms with E-state index in [0.717, 1.165) is 15.6 Å². The molecule has 1 aromatic heterocycles. The molecule has 1 amide bonds. The van der Waals surface area contributed by atoms with Crippen LogP contribution in [0.15, 0.2) is 34.1 Å². The van der Waals surface area contributed by atoms with E-state index in [4.69, 9.17) is 0 Å². The van der Waals surface area contributed by atoms with Crippen LogP contribution in [0.2, 0.25) is 0 Å². The molecule has 0 bridgehead atoms. The summed E-state index contributed by atoms with van der Waals surface area (Å²) >= 11 is 5.16. The number of thiophene rings is 1. The highest BCUT2D eigenvalue weighted by Gasteiger charge is 2.16. The van der Waals surface area contributed by atoms with E-state index in [1.54, 1.807) is 16.2 Å². The molecule has 0 fully saturated rings. The molecule has 0 aliphatic heterocycles. The first kappa shape index (κ1) is 14.3.